The maximum Gasteiger partial charge on any atom is 0.304 e. The van der Waals surface area contributed by atoms with Crippen LogP contribution in [0.1, 0.15) is 39.7 Å². The smallest absolute Gasteiger partial charge is 0.304 e. The van der Waals surface area contributed by atoms with Gasteiger partial charge in [0.15, 0.2) is 0 Å². The SMILES string of the molecule is CCN(CC)C(CC(=O)O)Cc1ccc(OC(C)C)cc1. The van der Waals surface area contributed by atoms with Gasteiger partial charge in [0.2, 0.25) is 0 Å². The van der Waals surface area contributed by atoms with Gasteiger partial charge in [-0.1, -0.05) is 26.0 Å². The molecule has 1 rings (SSSR count). The zero-order valence-corrected chi connectivity index (χ0v) is 13.5. The summed E-state index contributed by atoms with van der Waals surface area (Å²) in [5, 5.41) is 9.10. The summed E-state index contributed by atoms with van der Waals surface area (Å²) in [6.45, 7) is 9.86. The van der Waals surface area contributed by atoms with Crippen LogP contribution >= 0.6 is 0 Å². The first-order chi connectivity index (χ1) is 9.96. The van der Waals surface area contributed by atoms with Crippen LogP contribution in [0.4, 0.5) is 0 Å². The molecule has 1 N–H and O–H groups in total. The van der Waals surface area contributed by atoms with Crippen LogP contribution in [0, 0.1) is 0 Å². The number of nitrogens with zero attached hydrogens (tertiary/aromatic N) is 1. The van der Waals surface area contributed by atoms with Gasteiger partial charge >= 0.3 is 5.97 Å². The van der Waals surface area contributed by atoms with Gasteiger partial charge in [-0.25, -0.2) is 0 Å². The Morgan fingerprint density at radius 3 is 2.19 bits per heavy atom. The lowest BCUT2D eigenvalue weighted by Crippen LogP contribution is -2.38. The normalized spacial score (nSPS) is 12.7. The number of carboxylic acids is 1. The average Bonchev–Trinajstić information content (AvgIpc) is 2.41. The van der Waals surface area contributed by atoms with Crippen LogP contribution in [0.5, 0.6) is 5.75 Å². The maximum atomic E-state index is 11.1. The summed E-state index contributed by atoms with van der Waals surface area (Å²) in [6.07, 6.45) is 1.08. The summed E-state index contributed by atoms with van der Waals surface area (Å²) in [4.78, 5) is 13.3. The van der Waals surface area contributed by atoms with Gasteiger partial charge < -0.3 is 14.7 Å². The Morgan fingerprint density at radius 2 is 1.76 bits per heavy atom. The molecule has 21 heavy (non-hydrogen) atoms. The Bertz CT molecular complexity index is 424. The van der Waals surface area contributed by atoms with E-state index in [2.05, 4.69) is 18.7 Å². The van der Waals surface area contributed by atoms with Crippen molar-refractivity contribution in [3.05, 3.63) is 29.8 Å². The van der Waals surface area contributed by atoms with E-state index in [0.29, 0.717) is 0 Å². The van der Waals surface area contributed by atoms with E-state index in [0.717, 1.165) is 30.8 Å². The number of likely N-dealkylation sites (N-methyl/N-ethyl adjacent to an activating group) is 1. The third-order valence-electron chi connectivity index (χ3n) is 3.51. The van der Waals surface area contributed by atoms with Crippen LogP contribution < -0.4 is 4.74 Å². The van der Waals surface area contributed by atoms with E-state index in [9.17, 15) is 4.79 Å². The molecule has 0 amide bonds. The first kappa shape index (κ1) is 17.5. The van der Waals surface area contributed by atoms with Crippen LogP contribution in [0.2, 0.25) is 0 Å². The van der Waals surface area contributed by atoms with E-state index < -0.39 is 5.97 Å². The van der Waals surface area contributed by atoms with Crippen molar-refractivity contribution in [3.8, 4) is 5.75 Å². The van der Waals surface area contributed by atoms with Gasteiger partial charge in [0.1, 0.15) is 5.75 Å². The molecule has 0 heterocycles. The van der Waals surface area contributed by atoms with Gasteiger partial charge in [0.05, 0.1) is 12.5 Å². The molecule has 0 aromatic heterocycles. The quantitative estimate of drug-likeness (QED) is 0.759. The highest BCUT2D eigenvalue weighted by molar-refractivity contribution is 5.67. The lowest BCUT2D eigenvalue weighted by Gasteiger charge is -2.28. The van der Waals surface area contributed by atoms with Gasteiger partial charge in [0.25, 0.3) is 0 Å². The Balaban J connectivity index is 2.75. The lowest BCUT2D eigenvalue weighted by molar-refractivity contribution is -0.138. The van der Waals surface area contributed by atoms with Gasteiger partial charge in [-0.2, -0.15) is 0 Å². The fourth-order valence-electron chi connectivity index (χ4n) is 2.52. The highest BCUT2D eigenvalue weighted by atomic mass is 16.5. The number of aliphatic carboxylic acids is 1. The fourth-order valence-corrected chi connectivity index (χ4v) is 2.52. The third kappa shape index (κ3) is 6.17. The zero-order valence-electron chi connectivity index (χ0n) is 13.5. The molecule has 0 bridgehead atoms. The highest BCUT2D eigenvalue weighted by Gasteiger charge is 2.19. The van der Waals surface area contributed by atoms with Crippen molar-refractivity contribution >= 4 is 5.97 Å². The van der Waals surface area contributed by atoms with Gasteiger partial charge in [-0.15, -0.1) is 0 Å². The lowest BCUT2D eigenvalue weighted by atomic mass is 10.0. The second-order valence-electron chi connectivity index (χ2n) is 5.49. The molecule has 118 valence electrons. The molecular formula is C17H27NO3. The van der Waals surface area contributed by atoms with Crippen molar-refractivity contribution in [2.45, 2.75) is 52.7 Å². The Kier molecular flexibility index (Phi) is 7.23. The molecule has 0 saturated carbocycles. The number of ether oxygens (including phenoxy) is 1. The molecule has 0 spiro atoms. The first-order valence-electron chi connectivity index (χ1n) is 7.67. The Hall–Kier alpha value is -1.55. The van der Waals surface area contributed by atoms with E-state index in [4.69, 9.17) is 9.84 Å². The molecule has 0 radical (unpaired) electrons. The van der Waals surface area contributed by atoms with Crippen LogP contribution in [-0.2, 0) is 11.2 Å². The molecule has 0 aliphatic carbocycles. The number of rotatable bonds is 9. The van der Waals surface area contributed by atoms with Crippen molar-refractivity contribution in [3.63, 3.8) is 0 Å². The number of benzene rings is 1. The predicted octanol–water partition coefficient (Wildman–Crippen LogP) is 3.20. The van der Waals surface area contributed by atoms with Crippen LogP contribution in [0.3, 0.4) is 0 Å². The van der Waals surface area contributed by atoms with E-state index in [-0.39, 0.29) is 18.6 Å². The number of carbonyl (C=O) groups is 1. The van der Waals surface area contributed by atoms with Crippen LogP contribution in [-0.4, -0.2) is 41.2 Å². The second kappa shape index (κ2) is 8.67. The molecule has 0 aliphatic rings. The summed E-state index contributed by atoms with van der Waals surface area (Å²) < 4.78 is 5.62. The van der Waals surface area contributed by atoms with Crippen LogP contribution in [0.15, 0.2) is 24.3 Å². The van der Waals surface area contributed by atoms with E-state index in [1.807, 2.05) is 38.1 Å². The van der Waals surface area contributed by atoms with Crippen molar-refractivity contribution in [1.82, 2.24) is 4.90 Å². The zero-order chi connectivity index (χ0) is 15.8. The topological polar surface area (TPSA) is 49.8 Å². The first-order valence-corrected chi connectivity index (χ1v) is 7.67. The summed E-state index contributed by atoms with van der Waals surface area (Å²) in [7, 11) is 0. The summed E-state index contributed by atoms with van der Waals surface area (Å²) >= 11 is 0. The Morgan fingerprint density at radius 1 is 1.19 bits per heavy atom. The standard InChI is InChI=1S/C17H27NO3/c1-5-18(6-2)15(12-17(19)20)11-14-7-9-16(10-8-14)21-13(3)4/h7-10,13,15H,5-6,11-12H2,1-4H3,(H,19,20). The molecule has 1 unspecified atom stereocenters. The highest BCUT2D eigenvalue weighted by Crippen LogP contribution is 2.17. The fraction of sp³-hybridized carbons (Fsp3) is 0.588. The van der Waals surface area contributed by atoms with E-state index in [1.165, 1.54) is 0 Å². The molecule has 1 aromatic carbocycles. The molecule has 1 aromatic rings. The molecular weight excluding hydrogens is 266 g/mol. The summed E-state index contributed by atoms with van der Waals surface area (Å²) in [5.41, 5.74) is 1.14. The number of carboxylic acid groups (broad SMARTS) is 1. The second-order valence-corrected chi connectivity index (χ2v) is 5.49. The largest absolute Gasteiger partial charge is 0.491 e. The van der Waals surface area contributed by atoms with Crippen LogP contribution in [0.25, 0.3) is 0 Å². The minimum Gasteiger partial charge on any atom is -0.491 e. The minimum absolute atomic E-state index is 0.0365. The monoisotopic (exact) mass is 293 g/mol. The molecule has 4 nitrogen and oxygen atoms in total. The van der Waals surface area contributed by atoms with Gasteiger partial charge in [-0.3, -0.25) is 4.79 Å². The van der Waals surface area contributed by atoms with Crippen molar-refractivity contribution < 1.29 is 14.6 Å². The number of hydrogen-bond donors (Lipinski definition) is 1. The molecule has 4 heteroatoms. The van der Waals surface area contributed by atoms with Gasteiger partial charge in [-0.05, 0) is 51.1 Å². The predicted molar refractivity (Wildman–Crippen MR) is 84.9 cm³/mol. The Labute approximate surface area is 127 Å². The summed E-state index contributed by atoms with van der Waals surface area (Å²) in [6, 6.07) is 7.99. The average molecular weight is 293 g/mol. The minimum atomic E-state index is -0.744. The summed E-state index contributed by atoms with van der Waals surface area (Å²) in [5.74, 6) is 0.109. The molecule has 0 saturated heterocycles. The maximum absolute atomic E-state index is 11.1. The van der Waals surface area contributed by atoms with Gasteiger partial charge in [0, 0.05) is 6.04 Å². The number of hydrogen-bond acceptors (Lipinski definition) is 3. The van der Waals surface area contributed by atoms with Crippen molar-refractivity contribution in [2.75, 3.05) is 13.1 Å². The van der Waals surface area contributed by atoms with E-state index >= 15 is 0 Å². The van der Waals surface area contributed by atoms with Crippen molar-refractivity contribution in [1.29, 1.82) is 0 Å². The third-order valence-corrected chi connectivity index (χ3v) is 3.51. The molecule has 1 atom stereocenters. The van der Waals surface area contributed by atoms with E-state index in [1.54, 1.807) is 0 Å². The molecule has 0 fully saturated rings. The molecule has 0 aliphatic heterocycles. The van der Waals surface area contributed by atoms with Crippen molar-refractivity contribution in [2.24, 2.45) is 0 Å².